The van der Waals surface area contributed by atoms with Crippen molar-refractivity contribution in [3.8, 4) is 0 Å². The Morgan fingerprint density at radius 3 is 2.53 bits per heavy atom. The Kier molecular flexibility index (Phi) is 5.32. The summed E-state index contributed by atoms with van der Waals surface area (Å²) in [6, 6.07) is 0. The average molecular weight is 248 g/mol. The number of aliphatic carboxylic acids is 1. The standard InChI is InChI=1S/C11H20O6/c1-6-3-7(4-17-5-8(12)13)11(16-2)10(15)9(6)14/h6-7,9-11,14-15H,3-5H2,1-2H3,(H,12,13)/t6-,7?,9?,10-,11+/m0/s1. The van der Waals surface area contributed by atoms with Crippen LogP contribution in [-0.2, 0) is 14.3 Å². The third-order valence-electron chi connectivity index (χ3n) is 3.24. The van der Waals surface area contributed by atoms with Crippen molar-refractivity contribution in [1.82, 2.24) is 0 Å². The van der Waals surface area contributed by atoms with Crippen LogP contribution in [0.3, 0.4) is 0 Å². The molecule has 2 unspecified atom stereocenters. The fourth-order valence-electron chi connectivity index (χ4n) is 2.35. The second-order valence-corrected chi connectivity index (χ2v) is 4.56. The Labute approximate surface area is 100 Å². The molecule has 1 aliphatic carbocycles. The van der Waals surface area contributed by atoms with Crippen LogP contribution in [0.5, 0.6) is 0 Å². The van der Waals surface area contributed by atoms with Crippen LogP contribution in [0, 0.1) is 11.8 Å². The van der Waals surface area contributed by atoms with Gasteiger partial charge < -0.3 is 24.8 Å². The predicted molar refractivity (Wildman–Crippen MR) is 58.5 cm³/mol. The molecule has 0 aromatic heterocycles. The number of carbonyl (C=O) groups is 1. The second kappa shape index (κ2) is 6.30. The van der Waals surface area contributed by atoms with Gasteiger partial charge in [0.15, 0.2) is 0 Å². The zero-order chi connectivity index (χ0) is 13.0. The summed E-state index contributed by atoms with van der Waals surface area (Å²) in [5.74, 6) is -1.19. The molecule has 5 atom stereocenters. The number of aliphatic hydroxyl groups is 2. The maximum atomic E-state index is 10.3. The van der Waals surface area contributed by atoms with Crippen molar-refractivity contribution in [2.45, 2.75) is 31.7 Å². The topological polar surface area (TPSA) is 96.2 Å². The summed E-state index contributed by atoms with van der Waals surface area (Å²) in [4.78, 5) is 10.3. The molecule has 0 radical (unpaired) electrons. The quantitative estimate of drug-likeness (QED) is 0.606. The fraction of sp³-hybridized carbons (Fsp3) is 0.909. The van der Waals surface area contributed by atoms with Crippen LogP contribution in [0.2, 0.25) is 0 Å². The van der Waals surface area contributed by atoms with Crippen molar-refractivity contribution in [3.05, 3.63) is 0 Å². The summed E-state index contributed by atoms with van der Waals surface area (Å²) in [6.07, 6.45) is -1.65. The van der Waals surface area contributed by atoms with E-state index in [0.29, 0.717) is 6.42 Å². The highest BCUT2D eigenvalue weighted by atomic mass is 16.5. The van der Waals surface area contributed by atoms with Crippen LogP contribution in [-0.4, -0.2) is 59.9 Å². The van der Waals surface area contributed by atoms with Gasteiger partial charge in [0, 0.05) is 13.0 Å². The van der Waals surface area contributed by atoms with E-state index in [4.69, 9.17) is 14.6 Å². The van der Waals surface area contributed by atoms with Crippen LogP contribution < -0.4 is 0 Å². The number of aliphatic hydroxyl groups excluding tert-OH is 2. The lowest BCUT2D eigenvalue weighted by Crippen LogP contribution is -2.52. The molecule has 1 saturated carbocycles. The van der Waals surface area contributed by atoms with Gasteiger partial charge in [-0.25, -0.2) is 4.79 Å². The molecule has 0 saturated heterocycles. The Balaban J connectivity index is 2.53. The fourth-order valence-corrected chi connectivity index (χ4v) is 2.35. The first-order valence-corrected chi connectivity index (χ1v) is 5.65. The van der Waals surface area contributed by atoms with Crippen LogP contribution in [0.15, 0.2) is 0 Å². The number of hydrogen-bond donors (Lipinski definition) is 3. The lowest BCUT2D eigenvalue weighted by molar-refractivity contribution is -0.160. The van der Waals surface area contributed by atoms with E-state index in [2.05, 4.69) is 0 Å². The highest BCUT2D eigenvalue weighted by Gasteiger charge is 2.41. The number of rotatable bonds is 5. The molecule has 1 fully saturated rings. The van der Waals surface area contributed by atoms with Gasteiger partial charge in [0.2, 0.25) is 0 Å². The lowest BCUT2D eigenvalue weighted by atomic mass is 9.77. The number of methoxy groups -OCH3 is 1. The van der Waals surface area contributed by atoms with Gasteiger partial charge in [-0.1, -0.05) is 6.92 Å². The van der Waals surface area contributed by atoms with Gasteiger partial charge in [0.1, 0.15) is 12.7 Å². The monoisotopic (exact) mass is 248 g/mol. The van der Waals surface area contributed by atoms with Gasteiger partial charge in [-0.3, -0.25) is 0 Å². The zero-order valence-electron chi connectivity index (χ0n) is 10.1. The van der Waals surface area contributed by atoms with Crippen LogP contribution in [0.25, 0.3) is 0 Å². The molecule has 0 aromatic rings. The number of hydrogen-bond acceptors (Lipinski definition) is 5. The maximum Gasteiger partial charge on any atom is 0.329 e. The van der Waals surface area contributed by atoms with Crippen molar-refractivity contribution in [3.63, 3.8) is 0 Å². The Morgan fingerprint density at radius 1 is 1.35 bits per heavy atom. The van der Waals surface area contributed by atoms with E-state index in [-0.39, 0.29) is 25.0 Å². The van der Waals surface area contributed by atoms with E-state index in [0.717, 1.165) is 0 Å². The van der Waals surface area contributed by atoms with Gasteiger partial charge in [0.05, 0.1) is 18.8 Å². The maximum absolute atomic E-state index is 10.3. The van der Waals surface area contributed by atoms with Gasteiger partial charge in [-0.2, -0.15) is 0 Å². The molecule has 6 nitrogen and oxygen atoms in total. The van der Waals surface area contributed by atoms with E-state index in [1.807, 2.05) is 6.92 Å². The third kappa shape index (κ3) is 3.64. The van der Waals surface area contributed by atoms with E-state index in [9.17, 15) is 15.0 Å². The molecular weight excluding hydrogens is 228 g/mol. The largest absolute Gasteiger partial charge is 0.480 e. The van der Waals surface area contributed by atoms with Crippen molar-refractivity contribution in [2.24, 2.45) is 11.8 Å². The summed E-state index contributed by atoms with van der Waals surface area (Å²) in [5.41, 5.74) is 0. The summed E-state index contributed by atoms with van der Waals surface area (Å²) in [6.45, 7) is 1.68. The summed E-state index contributed by atoms with van der Waals surface area (Å²) < 4.78 is 10.2. The highest BCUT2D eigenvalue weighted by molar-refractivity contribution is 5.67. The SMILES string of the molecule is CO[C@@H]1C(COCC(=O)O)C[C@H](C)C(O)[C@@H]1O. The molecule has 17 heavy (non-hydrogen) atoms. The Hall–Kier alpha value is -0.690. The van der Waals surface area contributed by atoms with Crippen molar-refractivity contribution in [1.29, 1.82) is 0 Å². The molecule has 3 N–H and O–H groups in total. The second-order valence-electron chi connectivity index (χ2n) is 4.56. The lowest BCUT2D eigenvalue weighted by Gasteiger charge is -2.40. The van der Waals surface area contributed by atoms with Gasteiger partial charge in [-0.05, 0) is 12.3 Å². The van der Waals surface area contributed by atoms with Crippen molar-refractivity contribution in [2.75, 3.05) is 20.3 Å². The Morgan fingerprint density at radius 2 is 2.00 bits per heavy atom. The molecule has 0 aromatic carbocycles. The Bertz CT molecular complexity index is 256. The first-order chi connectivity index (χ1) is 7.97. The molecule has 1 aliphatic rings. The smallest absolute Gasteiger partial charge is 0.329 e. The molecule has 0 spiro atoms. The molecular formula is C11H20O6. The average Bonchev–Trinajstić information content (AvgIpc) is 2.26. The minimum absolute atomic E-state index is 0.0603. The van der Waals surface area contributed by atoms with Gasteiger partial charge >= 0.3 is 5.97 Å². The van der Waals surface area contributed by atoms with Gasteiger partial charge in [0.25, 0.3) is 0 Å². The summed E-state index contributed by atoms with van der Waals surface area (Å²) >= 11 is 0. The number of carboxylic acids is 1. The van der Waals surface area contributed by atoms with E-state index in [1.54, 1.807) is 0 Å². The van der Waals surface area contributed by atoms with Crippen LogP contribution >= 0.6 is 0 Å². The molecule has 6 heteroatoms. The molecule has 0 aliphatic heterocycles. The van der Waals surface area contributed by atoms with Crippen LogP contribution in [0.1, 0.15) is 13.3 Å². The summed E-state index contributed by atoms with van der Waals surface area (Å²) in [5, 5.41) is 28.0. The van der Waals surface area contributed by atoms with Gasteiger partial charge in [-0.15, -0.1) is 0 Å². The van der Waals surface area contributed by atoms with Crippen molar-refractivity contribution < 1.29 is 29.6 Å². The minimum atomic E-state index is -1.02. The molecule has 0 bridgehead atoms. The highest BCUT2D eigenvalue weighted by Crippen LogP contribution is 2.31. The van der Waals surface area contributed by atoms with E-state index in [1.165, 1.54) is 7.11 Å². The van der Waals surface area contributed by atoms with E-state index >= 15 is 0 Å². The third-order valence-corrected chi connectivity index (χ3v) is 3.24. The first kappa shape index (κ1) is 14.4. The van der Waals surface area contributed by atoms with Crippen LogP contribution in [0.4, 0.5) is 0 Å². The minimum Gasteiger partial charge on any atom is -0.480 e. The first-order valence-electron chi connectivity index (χ1n) is 5.65. The molecule has 1 rings (SSSR count). The number of ether oxygens (including phenoxy) is 2. The zero-order valence-corrected chi connectivity index (χ0v) is 10.1. The van der Waals surface area contributed by atoms with Crippen molar-refractivity contribution >= 4 is 5.97 Å². The number of carboxylic acid groups (broad SMARTS) is 1. The normalized spacial score (nSPS) is 38.0. The molecule has 0 heterocycles. The predicted octanol–water partition coefficient (Wildman–Crippen LogP) is -0.520. The summed E-state index contributed by atoms with van der Waals surface area (Å²) in [7, 11) is 1.46. The molecule has 0 amide bonds. The molecule has 100 valence electrons. The van der Waals surface area contributed by atoms with E-state index < -0.39 is 24.3 Å².